The Morgan fingerprint density at radius 3 is 2.05 bits per heavy atom. The maximum atomic E-state index is 5.75. The summed E-state index contributed by atoms with van der Waals surface area (Å²) < 4.78 is 5.75. The number of nitrogens with one attached hydrogen (secondary N) is 1. The van der Waals surface area contributed by atoms with Crippen LogP contribution in [-0.2, 0) is 24.4 Å². The van der Waals surface area contributed by atoms with Crippen LogP contribution in [0, 0.1) is 0 Å². The van der Waals surface area contributed by atoms with Gasteiger partial charge in [0, 0.05) is 0 Å². The Morgan fingerprint density at radius 1 is 0.762 bits per heavy atom. The fraction of sp³-hybridized carbons (Fsp3) is 0.368. The van der Waals surface area contributed by atoms with Crippen molar-refractivity contribution in [3.8, 4) is 0 Å². The number of ether oxygens (including phenoxy) is 1. The van der Waals surface area contributed by atoms with Crippen molar-refractivity contribution >= 4 is 0 Å². The maximum absolute atomic E-state index is 5.75. The molecule has 0 bridgehead atoms. The first-order valence-corrected chi connectivity index (χ1v) is 7.78. The largest absolute Gasteiger partial charge is 0.372 e. The molecule has 0 saturated carbocycles. The monoisotopic (exact) mass is 283 g/mol. The molecule has 0 unspecified atom stereocenters. The topological polar surface area (TPSA) is 21.3 Å². The van der Waals surface area contributed by atoms with Crippen molar-refractivity contribution < 1.29 is 4.74 Å². The number of benzene rings is 2. The molecule has 0 radical (unpaired) electrons. The van der Waals surface area contributed by atoms with E-state index in [-0.39, 0.29) is 0 Å². The van der Waals surface area contributed by atoms with Crippen molar-refractivity contribution in [2.45, 2.75) is 33.0 Å². The number of hydrogen-bond donors (Lipinski definition) is 1. The van der Waals surface area contributed by atoms with Crippen LogP contribution in [-0.4, -0.2) is 13.1 Å². The van der Waals surface area contributed by atoms with Crippen molar-refractivity contribution in [3.05, 3.63) is 71.3 Å². The summed E-state index contributed by atoms with van der Waals surface area (Å²) in [6.07, 6.45) is 2.28. The van der Waals surface area contributed by atoms with Crippen LogP contribution in [0.5, 0.6) is 0 Å². The maximum Gasteiger partial charge on any atom is 0.0721 e. The lowest BCUT2D eigenvalue weighted by Crippen LogP contribution is -2.17. The molecule has 0 aromatic heterocycles. The molecule has 2 aromatic rings. The van der Waals surface area contributed by atoms with E-state index in [1.807, 2.05) is 18.2 Å². The molecule has 0 atom stereocenters. The van der Waals surface area contributed by atoms with Crippen molar-refractivity contribution in [2.75, 3.05) is 13.1 Å². The summed E-state index contributed by atoms with van der Waals surface area (Å²) >= 11 is 0. The van der Waals surface area contributed by atoms with Crippen LogP contribution in [0.4, 0.5) is 0 Å². The van der Waals surface area contributed by atoms with E-state index in [2.05, 4.69) is 48.6 Å². The quantitative estimate of drug-likeness (QED) is 0.704. The first-order chi connectivity index (χ1) is 10.4. The predicted molar refractivity (Wildman–Crippen MR) is 88.2 cm³/mol. The van der Waals surface area contributed by atoms with Gasteiger partial charge < -0.3 is 10.1 Å². The van der Waals surface area contributed by atoms with Gasteiger partial charge in [-0.25, -0.2) is 0 Å². The van der Waals surface area contributed by atoms with E-state index in [9.17, 15) is 0 Å². The van der Waals surface area contributed by atoms with Crippen molar-refractivity contribution in [2.24, 2.45) is 0 Å². The summed E-state index contributed by atoms with van der Waals surface area (Å²) in [7, 11) is 0. The molecule has 0 fully saturated rings. The van der Waals surface area contributed by atoms with Gasteiger partial charge in [0.05, 0.1) is 13.2 Å². The molecule has 2 heteroatoms. The van der Waals surface area contributed by atoms with Gasteiger partial charge in [-0.1, -0.05) is 61.5 Å². The molecule has 2 aromatic carbocycles. The molecule has 0 aliphatic heterocycles. The summed E-state index contributed by atoms with van der Waals surface area (Å²) in [6.45, 7) is 5.69. The lowest BCUT2D eigenvalue weighted by Gasteiger charge is -2.07. The zero-order chi connectivity index (χ0) is 14.8. The Bertz CT molecular complexity index is 493. The molecule has 0 amide bonds. The minimum Gasteiger partial charge on any atom is -0.372 e. The molecule has 2 nitrogen and oxygen atoms in total. The molecular weight excluding hydrogens is 258 g/mol. The van der Waals surface area contributed by atoms with Gasteiger partial charge in [-0.3, -0.25) is 0 Å². The SMILES string of the molecule is CCCNCCc1ccc(COCc2ccccc2)cc1. The average molecular weight is 283 g/mol. The second-order valence-electron chi connectivity index (χ2n) is 5.29. The first kappa shape index (κ1) is 15.7. The van der Waals surface area contributed by atoms with Gasteiger partial charge in [-0.05, 0) is 42.6 Å². The zero-order valence-electron chi connectivity index (χ0n) is 12.8. The van der Waals surface area contributed by atoms with Gasteiger partial charge in [-0.15, -0.1) is 0 Å². The standard InChI is InChI=1S/C19H25NO/c1-2-13-20-14-12-17-8-10-19(11-9-17)16-21-15-18-6-4-3-5-7-18/h3-11,20H,2,12-16H2,1H3. The van der Waals surface area contributed by atoms with Crippen molar-refractivity contribution in [3.63, 3.8) is 0 Å². The predicted octanol–water partition coefficient (Wildman–Crippen LogP) is 3.95. The third kappa shape index (κ3) is 6.11. The Morgan fingerprint density at radius 2 is 1.38 bits per heavy atom. The van der Waals surface area contributed by atoms with Gasteiger partial charge in [0.15, 0.2) is 0 Å². The number of hydrogen-bond acceptors (Lipinski definition) is 2. The van der Waals surface area contributed by atoms with E-state index < -0.39 is 0 Å². The molecule has 0 heterocycles. The van der Waals surface area contributed by atoms with Crippen LogP contribution < -0.4 is 5.32 Å². The Hall–Kier alpha value is -1.64. The Kier molecular flexibility index (Phi) is 6.99. The fourth-order valence-corrected chi connectivity index (χ4v) is 2.20. The van der Waals surface area contributed by atoms with Gasteiger partial charge in [0.1, 0.15) is 0 Å². The lowest BCUT2D eigenvalue weighted by atomic mass is 10.1. The van der Waals surface area contributed by atoms with E-state index in [0.29, 0.717) is 13.2 Å². The molecule has 0 spiro atoms. The fourth-order valence-electron chi connectivity index (χ4n) is 2.20. The van der Waals surface area contributed by atoms with Crippen LogP contribution in [0.25, 0.3) is 0 Å². The van der Waals surface area contributed by atoms with E-state index in [1.165, 1.54) is 23.1 Å². The smallest absolute Gasteiger partial charge is 0.0721 e. The van der Waals surface area contributed by atoms with Crippen LogP contribution >= 0.6 is 0 Å². The lowest BCUT2D eigenvalue weighted by molar-refractivity contribution is 0.107. The number of rotatable bonds is 9. The third-order valence-electron chi connectivity index (χ3n) is 3.42. The summed E-state index contributed by atoms with van der Waals surface area (Å²) in [5.41, 5.74) is 3.83. The highest BCUT2D eigenvalue weighted by atomic mass is 16.5. The van der Waals surface area contributed by atoms with Gasteiger partial charge in [0.2, 0.25) is 0 Å². The normalized spacial score (nSPS) is 10.7. The molecule has 0 aliphatic rings. The third-order valence-corrected chi connectivity index (χ3v) is 3.42. The molecule has 1 N–H and O–H groups in total. The highest BCUT2D eigenvalue weighted by Gasteiger charge is 1.97. The molecule has 21 heavy (non-hydrogen) atoms. The zero-order valence-corrected chi connectivity index (χ0v) is 12.8. The first-order valence-electron chi connectivity index (χ1n) is 7.78. The highest BCUT2D eigenvalue weighted by molar-refractivity contribution is 5.22. The summed E-state index contributed by atoms with van der Waals surface area (Å²) in [4.78, 5) is 0. The van der Waals surface area contributed by atoms with Crippen LogP contribution in [0.15, 0.2) is 54.6 Å². The van der Waals surface area contributed by atoms with E-state index >= 15 is 0 Å². The Labute approximate surface area is 128 Å². The summed E-state index contributed by atoms with van der Waals surface area (Å²) in [5, 5.41) is 3.43. The average Bonchev–Trinajstić information content (AvgIpc) is 2.54. The van der Waals surface area contributed by atoms with E-state index in [4.69, 9.17) is 4.74 Å². The summed E-state index contributed by atoms with van der Waals surface area (Å²) in [5.74, 6) is 0. The molecule has 2 rings (SSSR count). The molecule has 0 saturated heterocycles. The van der Waals surface area contributed by atoms with Gasteiger partial charge in [-0.2, -0.15) is 0 Å². The van der Waals surface area contributed by atoms with Crippen molar-refractivity contribution in [1.82, 2.24) is 5.32 Å². The minimum absolute atomic E-state index is 0.670. The second-order valence-corrected chi connectivity index (χ2v) is 5.29. The second kappa shape index (κ2) is 9.32. The van der Waals surface area contributed by atoms with Gasteiger partial charge >= 0.3 is 0 Å². The van der Waals surface area contributed by atoms with Crippen molar-refractivity contribution in [1.29, 1.82) is 0 Å². The van der Waals surface area contributed by atoms with Crippen LogP contribution in [0.2, 0.25) is 0 Å². The van der Waals surface area contributed by atoms with Gasteiger partial charge in [0.25, 0.3) is 0 Å². The van der Waals surface area contributed by atoms with Crippen LogP contribution in [0.3, 0.4) is 0 Å². The minimum atomic E-state index is 0.670. The van der Waals surface area contributed by atoms with E-state index in [1.54, 1.807) is 0 Å². The molecule has 0 aliphatic carbocycles. The highest BCUT2D eigenvalue weighted by Crippen LogP contribution is 2.08. The van der Waals surface area contributed by atoms with Crippen LogP contribution in [0.1, 0.15) is 30.0 Å². The molecule has 112 valence electrons. The Balaban J connectivity index is 1.69. The van der Waals surface area contributed by atoms with E-state index in [0.717, 1.165) is 19.5 Å². The summed E-state index contributed by atoms with van der Waals surface area (Å²) in [6, 6.07) is 19.0. The molecular formula is C19H25NO.